The third kappa shape index (κ3) is 3.41. The van der Waals surface area contributed by atoms with Crippen molar-refractivity contribution in [2.75, 3.05) is 13.7 Å². The molecular formula is C12H12O5. The molecular weight excluding hydrogens is 224 g/mol. The molecule has 1 aromatic rings. The van der Waals surface area contributed by atoms with E-state index in [1.54, 1.807) is 12.1 Å². The second kappa shape index (κ2) is 5.79. The Hall–Kier alpha value is -2.17. The highest BCUT2D eigenvalue weighted by Gasteiger charge is 2.18. The van der Waals surface area contributed by atoms with Gasteiger partial charge in [-0.05, 0) is 19.1 Å². The van der Waals surface area contributed by atoms with E-state index in [1.807, 2.05) is 0 Å². The topological polar surface area (TPSA) is 69.7 Å². The van der Waals surface area contributed by atoms with Crippen molar-refractivity contribution in [3.8, 4) is 0 Å². The summed E-state index contributed by atoms with van der Waals surface area (Å²) >= 11 is 0. The molecule has 0 N–H and O–H groups in total. The average Bonchev–Trinajstić information content (AvgIpc) is 2.34. The van der Waals surface area contributed by atoms with Gasteiger partial charge in [0.15, 0.2) is 5.78 Å². The number of Topliss-reactive ketones (excluding diaryl/α,β-unsaturated/α-hetero) is 1. The van der Waals surface area contributed by atoms with Crippen LogP contribution in [0.3, 0.4) is 0 Å². The Labute approximate surface area is 98.3 Å². The fourth-order valence-electron chi connectivity index (χ4n) is 1.19. The van der Waals surface area contributed by atoms with Crippen LogP contribution in [0.25, 0.3) is 0 Å². The van der Waals surface area contributed by atoms with Crippen molar-refractivity contribution >= 4 is 17.7 Å². The fourth-order valence-corrected chi connectivity index (χ4v) is 1.19. The number of rotatable bonds is 4. The van der Waals surface area contributed by atoms with Gasteiger partial charge >= 0.3 is 11.9 Å². The maximum absolute atomic E-state index is 11.6. The van der Waals surface area contributed by atoms with Gasteiger partial charge < -0.3 is 9.47 Å². The molecule has 0 fully saturated rings. The van der Waals surface area contributed by atoms with Gasteiger partial charge in [-0.3, -0.25) is 4.79 Å². The molecule has 0 aromatic heterocycles. The lowest BCUT2D eigenvalue weighted by molar-refractivity contribution is -0.120. The van der Waals surface area contributed by atoms with Gasteiger partial charge in [0.25, 0.3) is 0 Å². The van der Waals surface area contributed by atoms with Gasteiger partial charge in [-0.15, -0.1) is 0 Å². The first-order chi connectivity index (χ1) is 8.06. The molecule has 0 radical (unpaired) electrons. The first-order valence-electron chi connectivity index (χ1n) is 4.90. The predicted molar refractivity (Wildman–Crippen MR) is 58.7 cm³/mol. The zero-order chi connectivity index (χ0) is 12.8. The minimum Gasteiger partial charge on any atom is -0.465 e. The maximum Gasteiger partial charge on any atom is 0.339 e. The van der Waals surface area contributed by atoms with Crippen LogP contribution >= 0.6 is 0 Å². The summed E-state index contributed by atoms with van der Waals surface area (Å²) in [7, 11) is 1.22. The number of hydrogen-bond acceptors (Lipinski definition) is 5. The van der Waals surface area contributed by atoms with E-state index in [-0.39, 0.29) is 23.5 Å². The third-order valence-corrected chi connectivity index (χ3v) is 1.96. The molecule has 5 heteroatoms. The minimum atomic E-state index is -0.721. The zero-order valence-electron chi connectivity index (χ0n) is 9.56. The second-order valence-corrected chi connectivity index (χ2v) is 3.32. The summed E-state index contributed by atoms with van der Waals surface area (Å²) in [5.41, 5.74) is 0.198. The van der Waals surface area contributed by atoms with Crippen molar-refractivity contribution in [2.24, 2.45) is 0 Å². The summed E-state index contributed by atoms with van der Waals surface area (Å²) in [4.78, 5) is 33.7. The van der Waals surface area contributed by atoms with Crippen LogP contribution in [0.1, 0.15) is 27.6 Å². The Bertz CT molecular complexity index is 450. The summed E-state index contributed by atoms with van der Waals surface area (Å²) < 4.78 is 9.27. The number of hydrogen-bond donors (Lipinski definition) is 0. The van der Waals surface area contributed by atoms with Crippen LogP contribution in [0, 0.1) is 0 Å². The fraction of sp³-hybridized carbons (Fsp3) is 0.250. The number of esters is 2. The molecule has 17 heavy (non-hydrogen) atoms. The number of benzene rings is 1. The van der Waals surface area contributed by atoms with Crippen molar-refractivity contribution in [1.29, 1.82) is 0 Å². The Kier molecular flexibility index (Phi) is 4.39. The molecule has 0 spiro atoms. The molecule has 0 saturated carbocycles. The normalized spacial score (nSPS) is 9.53. The van der Waals surface area contributed by atoms with Gasteiger partial charge in [0.05, 0.1) is 18.2 Å². The lowest BCUT2D eigenvalue weighted by Crippen LogP contribution is -2.15. The lowest BCUT2D eigenvalue weighted by atomic mass is 10.1. The molecule has 5 nitrogen and oxygen atoms in total. The van der Waals surface area contributed by atoms with Crippen molar-refractivity contribution < 1.29 is 23.9 Å². The maximum atomic E-state index is 11.6. The second-order valence-electron chi connectivity index (χ2n) is 3.32. The first kappa shape index (κ1) is 12.9. The molecule has 0 bridgehead atoms. The van der Waals surface area contributed by atoms with Crippen molar-refractivity contribution in [3.63, 3.8) is 0 Å². The van der Waals surface area contributed by atoms with Gasteiger partial charge in [0, 0.05) is 0 Å². The summed E-state index contributed by atoms with van der Waals surface area (Å²) in [6, 6.07) is 6.09. The summed E-state index contributed by atoms with van der Waals surface area (Å²) in [6.45, 7) is 0.994. The van der Waals surface area contributed by atoms with Gasteiger partial charge in [0.2, 0.25) is 0 Å². The molecule has 0 aliphatic rings. The largest absolute Gasteiger partial charge is 0.465 e. The monoisotopic (exact) mass is 236 g/mol. The average molecular weight is 236 g/mol. The number of carbonyl (C=O) groups is 3. The molecule has 0 saturated heterocycles. The van der Waals surface area contributed by atoms with Gasteiger partial charge in [0.1, 0.15) is 6.61 Å². The van der Waals surface area contributed by atoms with Gasteiger partial charge in [-0.1, -0.05) is 12.1 Å². The smallest absolute Gasteiger partial charge is 0.339 e. The number of carbonyl (C=O) groups excluding carboxylic acids is 3. The molecule has 0 unspecified atom stereocenters. The van der Waals surface area contributed by atoms with E-state index < -0.39 is 11.9 Å². The summed E-state index contributed by atoms with van der Waals surface area (Å²) in [6.07, 6.45) is 0. The van der Waals surface area contributed by atoms with Crippen LogP contribution in [0.5, 0.6) is 0 Å². The van der Waals surface area contributed by atoms with Gasteiger partial charge in [-0.2, -0.15) is 0 Å². The highest BCUT2D eigenvalue weighted by molar-refractivity contribution is 6.03. The lowest BCUT2D eigenvalue weighted by Gasteiger charge is -2.06. The molecule has 90 valence electrons. The molecule has 0 atom stereocenters. The zero-order valence-corrected chi connectivity index (χ0v) is 9.56. The molecule has 0 heterocycles. The number of methoxy groups -OCH3 is 1. The van der Waals surface area contributed by atoms with Crippen molar-refractivity contribution in [3.05, 3.63) is 35.4 Å². The van der Waals surface area contributed by atoms with Gasteiger partial charge in [-0.25, -0.2) is 9.59 Å². The highest BCUT2D eigenvalue weighted by atomic mass is 16.5. The van der Waals surface area contributed by atoms with E-state index in [4.69, 9.17) is 4.74 Å². The van der Waals surface area contributed by atoms with Crippen molar-refractivity contribution in [1.82, 2.24) is 0 Å². The van der Waals surface area contributed by atoms with E-state index in [0.29, 0.717) is 0 Å². The Morgan fingerprint density at radius 2 is 1.59 bits per heavy atom. The highest BCUT2D eigenvalue weighted by Crippen LogP contribution is 2.11. The minimum absolute atomic E-state index is 0.0839. The third-order valence-electron chi connectivity index (χ3n) is 1.96. The summed E-state index contributed by atoms with van der Waals surface area (Å²) in [5, 5.41) is 0. The van der Waals surface area contributed by atoms with Crippen LogP contribution in [0.4, 0.5) is 0 Å². The molecule has 1 aromatic carbocycles. The molecule has 0 aliphatic heterocycles. The van der Waals surface area contributed by atoms with Crippen LogP contribution in [0.2, 0.25) is 0 Å². The first-order valence-corrected chi connectivity index (χ1v) is 4.90. The number of ether oxygens (including phenoxy) is 2. The van der Waals surface area contributed by atoms with Crippen LogP contribution in [0.15, 0.2) is 24.3 Å². The van der Waals surface area contributed by atoms with E-state index in [2.05, 4.69) is 4.74 Å². The quantitative estimate of drug-likeness (QED) is 0.735. The Balaban J connectivity index is 2.93. The Morgan fingerprint density at radius 3 is 2.06 bits per heavy atom. The van der Waals surface area contributed by atoms with E-state index in [9.17, 15) is 14.4 Å². The van der Waals surface area contributed by atoms with E-state index in [0.717, 1.165) is 0 Å². The molecule has 1 rings (SSSR count). The standard InChI is InChI=1S/C12H12O5/c1-8(13)7-17-12(15)10-6-4-3-5-9(10)11(14)16-2/h3-6H,7H2,1-2H3. The SMILES string of the molecule is COC(=O)c1ccccc1C(=O)OCC(C)=O. The molecule has 0 aliphatic carbocycles. The van der Waals surface area contributed by atoms with E-state index in [1.165, 1.54) is 26.2 Å². The van der Waals surface area contributed by atoms with Crippen LogP contribution in [-0.4, -0.2) is 31.4 Å². The van der Waals surface area contributed by atoms with Crippen LogP contribution < -0.4 is 0 Å². The predicted octanol–water partition coefficient (Wildman–Crippen LogP) is 1.22. The van der Waals surface area contributed by atoms with E-state index >= 15 is 0 Å². The Morgan fingerprint density at radius 1 is 1.06 bits per heavy atom. The van der Waals surface area contributed by atoms with Crippen molar-refractivity contribution in [2.45, 2.75) is 6.92 Å². The summed E-state index contributed by atoms with van der Waals surface area (Å²) in [5.74, 6) is -1.62. The van der Waals surface area contributed by atoms with Crippen LogP contribution in [-0.2, 0) is 14.3 Å². The molecule has 0 amide bonds. The number of ketones is 1.